The first-order valence-electron chi connectivity index (χ1n) is 24.7. The second-order valence-corrected chi connectivity index (χ2v) is 20.4. The maximum atomic E-state index is 15.2. The minimum absolute atomic E-state index is 0.0342. The van der Waals surface area contributed by atoms with Gasteiger partial charge in [0, 0.05) is 37.8 Å². The molecule has 360 valence electrons. The summed E-state index contributed by atoms with van der Waals surface area (Å²) < 4.78 is 31.5. The molecule has 6 aliphatic rings. The molecule has 2 bridgehead atoms. The predicted octanol–water partition coefficient (Wildman–Crippen LogP) is 7.24. The molecule has 4 heterocycles. The standard InChI is InChI=1S/C52H71N3O11/c1-6-8-12-25-51(26-13-9-7-2)64-43-41-29-52(49(60)53-30-34-15-14-18-36(27-34)47(58)54-38(32-56)22-24-42(57)63-50(3,4)5)45(48(59)62-41)55(66-46(52)44(43)65-51)31-37-17-11-10-16-35(37)21-19-33-20-23-39-40(28-33)61-39/h10-11,14-19,21,27,33,38-41,43-46,56H,6-9,12-13,20,22-26,28-32H2,1-5H3,(H,53,60)(H,54,58)/t33?,38-,39?,40?,41?,43-,44-,45-,46+,52?/m0/s1. The Morgan fingerprint density at radius 3 is 2.44 bits per heavy atom. The summed E-state index contributed by atoms with van der Waals surface area (Å²) in [6.07, 6.45) is 13.4. The third-order valence-electron chi connectivity index (χ3n) is 14.3. The molecule has 14 heteroatoms. The highest BCUT2D eigenvalue weighted by molar-refractivity contribution is 5.95. The molecule has 2 amide bonds. The van der Waals surface area contributed by atoms with Crippen LogP contribution in [-0.4, -0.2) is 101 Å². The van der Waals surface area contributed by atoms with Crippen LogP contribution in [0, 0.1) is 11.3 Å². The molecule has 5 unspecified atom stereocenters. The molecule has 8 rings (SSSR count). The van der Waals surface area contributed by atoms with Gasteiger partial charge in [0.15, 0.2) is 11.8 Å². The molecule has 2 saturated carbocycles. The van der Waals surface area contributed by atoms with E-state index in [-0.39, 0.29) is 44.9 Å². The lowest BCUT2D eigenvalue weighted by Gasteiger charge is -2.48. The van der Waals surface area contributed by atoms with Gasteiger partial charge in [-0.1, -0.05) is 88.1 Å². The second kappa shape index (κ2) is 20.6. The summed E-state index contributed by atoms with van der Waals surface area (Å²) in [6.45, 7) is 9.63. The van der Waals surface area contributed by atoms with Gasteiger partial charge in [-0.2, -0.15) is 5.06 Å². The van der Waals surface area contributed by atoms with Crippen molar-refractivity contribution in [1.29, 1.82) is 0 Å². The van der Waals surface area contributed by atoms with E-state index in [9.17, 15) is 19.5 Å². The van der Waals surface area contributed by atoms with Crippen molar-refractivity contribution in [1.82, 2.24) is 15.7 Å². The third-order valence-corrected chi connectivity index (χ3v) is 14.3. The van der Waals surface area contributed by atoms with E-state index in [0.717, 1.165) is 68.9 Å². The first kappa shape index (κ1) is 48.3. The molecule has 4 saturated heterocycles. The number of aliphatic hydroxyl groups excluding tert-OH is 1. The van der Waals surface area contributed by atoms with Crippen LogP contribution in [0.15, 0.2) is 54.6 Å². The van der Waals surface area contributed by atoms with Crippen molar-refractivity contribution in [3.05, 3.63) is 76.9 Å². The van der Waals surface area contributed by atoms with Gasteiger partial charge in [0.05, 0.1) is 31.4 Å². The maximum absolute atomic E-state index is 15.2. The fourth-order valence-corrected chi connectivity index (χ4v) is 10.9. The number of rotatable bonds is 21. The number of nitrogens with one attached hydrogen (secondary N) is 2. The van der Waals surface area contributed by atoms with E-state index in [1.54, 1.807) is 44.0 Å². The number of benzene rings is 2. The number of fused-ring (bicyclic) bond motifs is 5. The van der Waals surface area contributed by atoms with Crippen LogP contribution >= 0.6 is 0 Å². The number of allylic oxidation sites excluding steroid dienone is 1. The Kier molecular flexibility index (Phi) is 15.1. The summed E-state index contributed by atoms with van der Waals surface area (Å²) in [6, 6.07) is 13.2. The van der Waals surface area contributed by atoms with E-state index in [2.05, 4.69) is 42.7 Å². The number of hydrogen-bond donors (Lipinski definition) is 3. The highest BCUT2D eigenvalue weighted by Crippen LogP contribution is 2.58. The molecular formula is C52H71N3O11. The molecule has 2 aliphatic carbocycles. The van der Waals surface area contributed by atoms with Gasteiger partial charge in [0.2, 0.25) is 5.91 Å². The van der Waals surface area contributed by atoms with Crippen molar-refractivity contribution in [3.8, 4) is 0 Å². The predicted molar refractivity (Wildman–Crippen MR) is 245 cm³/mol. The fourth-order valence-electron chi connectivity index (χ4n) is 10.9. The van der Waals surface area contributed by atoms with E-state index in [0.29, 0.717) is 42.1 Å². The van der Waals surface area contributed by atoms with Crippen LogP contribution in [0.2, 0.25) is 0 Å². The number of epoxide rings is 1. The number of carbonyl (C=O) groups is 4. The summed E-state index contributed by atoms with van der Waals surface area (Å²) in [5.41, 5.74) is 0.928. The van der Waals surface area contributed by atoms with E-state index in [1.807, 2.05) is 24.3 Å². The van der Waals surface area contributed by atoms with Gasteiger partial charge in [-0.05, 0) is 94.0 Å². The van der Waals surface area contributed by atoms with Gasteiger partial charge in [-0.15, -0.1) is 0 Å². The van der Waals surface area contributed by atoms with Gasteiger partial charge in [0.25, 0.3) is 5.91 Å². The highest BCUT2D eigenvalue weighted by atomic mass is 16.8. The Hall–Kier alpha value is -4.18. The molecule has 4 aliphatic heterocycles. The van der Waals surface area contributed by atoms with Gasteiger partial charge in [0.1, 0.15) is 35.4 Å². The van der Waals surface area contributed by atoms with E-state index in [1.165, 1.54) is 0 Å². The lowest BCUT2D eigenvalue weighted by Crippen LogP contribution is -2.69. The number of hydrogen-bond acceptors (Lipinski definition) is 12. The summed E-state index contributed by atoms with van der Waals surface area (Å²) in [5.74, 6) is -2.19. The largest absolute Gasteiger partial charge is 0.460 e. The number of hydroxylamine groups is 2. The molecule has 10 atom stereocenters. The lowest BCUT2D eigenvalue weighted by atomic mass is 9.62. The van der Waals surface area contributed by atoms with Crippen molar-refractivity contribution >= 4 is 29.8 Å². The first-order valence-corrected chi connectivity index (χ1v) is 24.7. The number of aliphatic hydroxyl groups is 1. The van der Waals surface area contributed by atoms with Crippen LogP contribution in [0.5, 0.6) is 0 Å². The fraction of sp³-hybridized carbons (Fsp3) is 0.654. The van der Waals surface area contributed by atoms with Crippen molar-refractivity contribution in [2.75, 3.05) is 6.61 Å². The van der Waals surface area contributed by atoms with Gasteiger partial charge in [-0.25, -0.2) is 0 Å². The molecule has 66 heavy (non-hydrogen) atoms. The zero-order valence-electron chi connectivity index (χ0n) is 39.5. The van der Waals surface area contributed by atoms with E-state index >= 15 is 4.79 Å². The summed E-state index contributed by atoms with van der Waals surface area (Å²) >= 11 is 0. The van der Waals surface area contributed by atoms with Crippen molar-refractivity contribution in [2.24, 2.45) is 11.3 Å². The van der Waals surface area contributed by atoms with E-state index in [4.69, 9.17) is 28.5 Å². The number of nitrogens with zero attached hydrogens (tertiary/aromatic N) is 1. The molecule has 0 aromatic heterocycles. The number of unbranched alkanes of at least 4 members (excludes halogenated alkanes) is 4. The van der Waals surface area contributed by atoms with Crippen molar-refractivity contribution in [3.63, 3.8) is 0 Å². The molecule has 0 radical (unpaired) electrons. The average molecular weight is 914 g/mol. The van der Waals surface area contributed by atoms with Crippen LogP contribution in [0.3, 0.4) is 0 Å². The zero-order valence-corrected chi connectivity index (χ0v) is 39.5. The molecule has 2 aromatic carbocycles. The Labute approximate surface area is 389 Å². The minimum atomic E-state index is -1.38. The van der Waals surface area contributed by atoms with Gasteiger partial charge < -0.3 is 39.4 Å². The molecule has 0 spiro atoms. The average Bonchev–Trinajstić information content (AvgIpc) is 3.84. The van der Waals surface area contributed by atoms with Crippen LogP contribution < -0.4 is 10.6 Å². The topological polar surface area (TPSA) is 174 Å². The molecule has 2 aromatic rings. The van der Waals surface area contributed by atoms with Crippen LogP contribution in [0.25, 0.3) is 6.08 Å². The number of amides is 2. The third kappa shape index (κ3) is 10.7. The normalized spacial score (nSPS) is 30.0. The van der Waals surface area contributed by atoms with Crippen molar-refractivity contribution < 1.29 is 52.8 Å². The summed E-state index contributed by atoms with van der Waals surface area (Å²) in [4.78, 5) is 62.4. The number of carbonyl (C=O) groups excluding carboxylic acids is 4. The maximum Gasteiger partial charge on any atom is 0.327 e. The second-order valence-electron chi connectivity index (χ2n) is 20.4. The number of esters is 2. The van der Waals surface area contributed by atoms with E-state index < -0.39 is 71.1 Å². The number of ether oxygens (including phenoxy) is 5. The Morgan fingerprint density at radius 1 is 0.955 bits per heavy atom. The Morgan fingerprint density at radius 2 is 1.71 bits per heavy atom. The van der Waals surface area contributed by atoms with Crippen LogP contribution in [0.4, 0.5) is 0 Å². The van der Waals surface area contributed by atoms with Gasteiger partial charge in [-0.3, -0.25) is 24.0 Å². The molecular weight excluding hydrogens is 843 g/mol. The van der Waals surface area contributed by atoms with Crippen LogP contribution in [-0.2, 0) is 56.0 Å². The lowest BCUT2D eigenvalue weighted by molar-refractivity contribution is -0.224. The minimum Gasteiger partial charge on any atom is -0.460 e. The molecule has 14 nitrogen and oxygen atoms in total. The van der Waals surface area contributed by atoms with Crippen LogP contribution in [0.1, 0.15) is 152 Å². The SMILES string of the molecule is CCCCCC1(CCCCC)O[C@@H]2[C@H]3ON(Cc4ccccc4C=CC4CCC5OC5C4)[C@H]4C(=O)OC(CC34C(=O)NCc3cccc(C(=O)N[C@H](CO)CCC(=O)OC(C)(C)C)c3)[C@@H]2O1. The Balaban J connectivity index is 1.03. The zero-order chi connectivity index (χ0) is 46.6. The Bertz CT molecular complexity index is 2080. The molecule has 3 N–H and O–H groups in total. The van der Waals surface area contributed by atoms with Crippen molar-refractivity contribution in [2.45, 2.75) is 198 Å². The monoisotopic (exact) mass is 914 g/mol. The summed E-state index contributed by atoms with van der Waals surface area (Å²) in [5, 5.41) is 17.7. The highest BCUT2D eigenvalue weighted by Gasteiger charge is 2.76. The van der Waals surface area contributed by atoms with Gasteiger partial charge >= 0.3 is 11.9 Å². The first-order chi connectivity index (χ1) is 31.7. The quantitative estimate of drug-likeness (QED) is 0.0652. The smallest absolute Gasteiger partial charge is 0.327 e. The molecule has 6 fully saturated rings. The summed E-state index contributed by atoms with van der Waals surface area (Å²) in [7, 11) is 0.